The predicted octanol–water partition coefficient (Wildman–Crippen LogP) is 0.443. The smallest absolute Gasteiger partial charge is 0.135 e. The van der Waals surface area contributed by atoms with Crippen LogP contribution in [0.15, 0.2) is 0 Å². The third-order valence-electron chi connectivity index (χ3n) is 1.41. The van der Waals surface area contributed by atoms with Crippen molar-refractivity contribution in [3.63, 3.8) is 0 Å². The molecule has 1 heterocycles. The summed E-state index contributed by atoms with van der Waals surface area (Å²) in [7, 11) is 3.71. The van der Waals surface area contributed by atoms with Gasteiger partial charge in [-0.1, -0.05) is 0 Å². The van der Waals surface area contributed by atoms with E-state index in [2.05, 4.69) is 7.05 Å². The monoisotopic (exact) mass is 112 g/mol. The summed E-state index contributed by atoms with van der Waals surface area (Å²) >= 11 is 0. The van der Waals surface area contributed by atoms with Crippen LogP contribution in [-0.4, -0.2) is 23.8 Å². The number of piperidine rings is 1. The number of hydrogen-bond acceptors (Lipinski definition) is 2. The first-order chi connectivity index (χ1) is 3.79. The normalized spacial score (nSPS) is 23.9. The minimum absolute atomic E-state index is 0.380. The maximum atomic E-state index is 10.6. The van der Waals surface area contributed by atoms with Gasteiger partial charge in [-0.25, -0.2) is 0 Å². The first kappa shape index (κ1) is 5.76. The summed E-state index contributed by atoms with van der Waals surface area (Å²) in [6, 6.07) is 0. The lowest BCUT2D eigenvalue weighted by Crippen LogP contribution is -2.28. The summed E-state index contributed by atoms with van der Waals surface area (Å²) in [6.07, 6.45) is 1.40. The van der Waals surface area contributed by atoms with E-state index in [0.29, 0.717) is 18.6 Å². The quantitative estimate of drug-likeness (QED) is 0.453. The van der Waals surface area contributed by atoms with E-state index in [9.17, 15) is 4.79 Å². The minimum Gasteiger partial charge on any atom is -0.301 e. The molecule has 1 saturated heterocycles. The van der Waals surface area contributed by atoms with Crippen LogP contribution in [0.3, 0.4) is 0 Å². The number of Topliss-reactive ketones (excluding diaryl/α,β-unsaturated/α-hetero) is 1. The van der Waals surface area contributed by atoms with E-state index in [-0.39, 0.29) is 0 Å². The van der Waals surface area contributed by atoms with Gasteiger partial charge in [0.15, 0.2) is 0 Å². The average molecular weight is 112 g/mol. The fraction of sp³-hybridized carbons (Fsp3) is 0.667. The summed E-state index contributed by atoms with van der Waals surface area (Å²) in [5.74, 6) is 0.380. The molecule has 0 aliphatic carbocycles. The molecule has 2 heteroatoms. The zero-order valence-electron chi connectivity index (χ0n) is 4.89. The molecule has 45 valence electrons. The molecule has 1 fully saturated rings. The number of likely N-dealkylation sites (tertiary alicyclic amines) is 1. The number of nitrogens with zero attached hydrogens (tertiary/aromatic N) is 1. The molecule has 0 N–H and O–H groups in total. The van der Waals surface area contributed by atoms with Gasteiger partial charge in [-0.15, -0.1) is 0 Å². The van der Waals surface area contributed by atoms with E-state index in [1.54, 1.807) is 0 Å². The summed E-state index contributed by atoms with van der Waals surface area (Å²) < 4.78 is 0. The molecule has 0 aromatic carbocycles. The number of carbonyl (C=O) groups excluding carboxylic acids is 1. The second-order valence-electron chi connectivity index (χ2n) is 2.16. The minimum atomic E-state index is 0.380. The fourth-order valence-electron chi connectivity index (χ4n) is 0.802. The van der Waals surface area contributed by atoms with E-state index in [1.807, 2.05) is 4.90 Å². The predicted molar refractivity (Wildman–Crippen MR) is 31.2 cm³/mol. The summed E-state index contributed by atoms with van der Waals surface area (Å²) in [4.78, 5) is 12.5. The van der Waals surface area contributed by atoms with Crippen molar-refractivity contribution in [1.82, 2.24) is 4.90 Å². The number of hydrogen-bond donors (Lipinski definition) is 0. The van der Waals surface area contributed by atoms with E-state index in [0.717, 1.165) is 13.1 Å². The lowest BCUT2D eigenvalue weighted by molar-refractivity contribution is -0.121. The standard InChI is InChI=1S/C6H10NO/c1-7-4-2-6(8)3-5-7/h1-5H2. The van der Waals surface area contributed by atoms with Gasteiger partial charge in [-0.3, -0.25) is 4.79 Å². The third-order valence-corrected chi connectivity index (χ3v) is 1.41. The van der Waals surface area contributed by atoms with Gasteiger partial charge in [0, 0.05) is 33.0 Å². The van der Waals surface area contributed by atoms with Gasteiger partial charge in [-0.2, -0.15) is 0 Å². The summed E-state index contributed by atoms with van der Waals surface area (Å²) in [5, 5.41) is 0. The zero-order valence-corrected chi connectivity index (χ0v) is 4.89. The van der Waals surface area contributed by atoms with Crippen molar-refractivity contribution in [2.75, 3.05) is 13.1 Å². The first-order valence-corrected chi connectivity index (χ1v) is 2.86. The highest BCUT2D eigenvalue weighted by Crippen LogP contribution is 2.02. The van der Waals surface area contributed by atoms with Gasteiger partial charge in [0.05, 0.1) is 0 Å². The van der Waals surface area contributed by atoms with Crippen LogP contribution in [0.5, 0.6) is 0 Å². The van der Waals surface area contributed by atoms with Crippen molar-refractivity contribution in [1.29, 1.82) is 0 Å². The molecular formula is C6H10NO. The van der Waals surface area contributed by atoms with Crippen molar-refractivity contribution in [3.8, 4) is 0 Å². The van der Waals surface area contributed by atoms with Crippen LogP contribution in [0.25, 0.3) is 0 Å². The van der Waals surface area contributed by atoms with Gasteiger partial charge in [-0.05, 0) is 0 Å². The van der Waals surface area contributed by atoms with Gasteiger partial charge < -0.3 is 4.90 Å². The molecular weight excluding hydrogens is 102 g/mol. The maximum absolute atomic E-state index is 10.6. The fourth-order valence-corrected chi connectivity index (χ4v) is 0.802. The Balaban J connectivity index is 2.29. The average Bonchev–Trinajstić information content (AvgIpc) is 1.77. The highest BCUT2D eigenvalue weighted by atomic mass is 16.1. The second kappa shape index (κ2) is 2.27. The van der Waals surface area contributed by atoms with Crippen molar-refractivity contribution in [2.24, 2.45) is 0 Å². The number of rotatable bonds is 0. The van der Waals surface area contributed by atoms with Crippen LogP contribution in [0.1, 0.15) is 12.8 Å². The van der Waals surface area contributed by atoms with Crippen LogP contribution in [0.4, 0.5) is 0 Å². The molecule has 0 aromatic rings. The van der Waals surface area contributed by atoms with Crippen LogP contribution < -0.4 is 0 Å². The van der Waals surface area contributed by atoms with Gasteiger partial charge in [0.1, 0.15) is 5.78 Å². The molecule has 1 aliphatic heterocycles. The van der Waals surface area contributed by atoms with Gasteiger partial charge >= 0.3 is 0 Å². The molecule has 8 heavy (non-hydrogen) atoms. The highest BCUT2D eigenvalue weighted by molar-refractivity contribution is 5.79. The van der Waals surface area contributed by atoms with Gasteiger partial charge in [0.25, 0.3) is 0 Å². The molecule has 2 nitrogen and oxygen atoms in total. The topological polar surface area (TPSA) is 20.3 Å². The Morgan fingerprint density at radius 2 is 1.88 bits per heavy atom. The Morgan fingerprint density at radius 1 is 1.38 bits per heavy atom. The Kier molecular flexibility index (Phi) is 1.63. The summed E-state index contributed by atoms with van der Waals surface area (Å²) in [6.45, 7) is 1.69. The van der Waals surface area contributed by atoms with Crippen molar-refractivity contribution >= 4 is 5.78 Å². The van der Waals surface area contributed by atoms with Crippen LogP contribution >= 0.6 is 0 Å². The number of carbonyl (C=O) groups is 1. The molecule has 1 aliphatic rings. The van der Waals surface area contributed by atoms with Crippen LogP contribution in [-0.2, 0) is 4.79 Å². The van der Waals surface area contributed by atoms with E-state index >= 15 is 0 Å². The Morgan fingerprint density at radius 3 is 2.25 bits per heavy atom. The molecule has 0 aromatic heterocycles. The van der Waals surface area contributed by atoms with E-state index < -0.39 is 0 Å². The maximum Gasteiger partial charge on any atom is 0.135 e. The third kappa shape index (κ3) is 1.30. The zero-order chi connectivity index (χ0) is 5.98. The van der Waals surface area contributed by atoms with Crippen molar-refractivity contribution in [2.45, 2.75) is 12.8 Å². The lowest BCUT2D eigenvalue weighted by Gasteiger charge is -2.19. The Labute approximate surface area is 49.5 Å². The van der Waals surface area contributed by atoms with Crippen LogP contribution in [0.2, 0.25) is 0 Å². The largest absolute Gasteiger partial charge is 0.301 e. The molecule has 0 atom stereocenters. The van der Waals surface area contributed by atoms with Gasteiger partial charge in [0.2, 0.25) is 0 Å². The van der Waals surface area contributed by atoms with E-state index in [1.165, 1.54) is 0 Å². The lowest BCUT2D eigenvalue weighted by atomic mass is 10.1. The molecule has 0 bridgehead atoms. The van der Waals surface area contributed by atoms with Crippen molar-refractivity contribution in [3.05, 3.63) is 7.05 Å². The Bertz CT molecular complexity index is 90.7. The molecule has 1 radical (unpaired) electrons. The molecule has 0 unspecified atom stereocenters. The summed E-state index contributed by atoms with van der Waals surface area (Å²) in [5.41, 5.74) is 0. The molecule has 1 rings (SSSR count). The molecule has 0 amide bonds. The Hall–Kier alpha value is -0.370. The first-order valence-electron chi connectivity index (χ1n) is 2.86. The number of ketones is 1. The SMILES string of the molecule is [CH2]N1CCC(=O)CC1. The highest BCUT2D eigenvalue weighted by Gasteiger charge is 2.11. The van der Waals surface area contributed by atoms with Crippen LogP contribution in [0, 0.1) is 7.05 Å². The van der Waals surface area contributed by atoms with Crippen molar-refractivity contribution < 1.29 is 4.79 Å². The molecule has 0 saturated carbocycles. The molecule has 0 spiro atoms. The second-order valence-corrected chi connectivity index (χ2v) is 2.16. The van der Waals surface area contributed by atoms with E-state index in [4.69, 9.17) is 0 Å².